The SMILES string of the molecule is COc1ccc(F)cc1S(=O)(=O)N1CCCC(C(=O)N(C)Cc2ccccc2F)C1. The Kier molecular flexibility index (Phi) is 6.72. The molecule has 1 heterocycles. The standard InChI is InChI=1S/C21H24F2N2O4S/c1-24(13-15-6-3-4-8-18(15)23)21(26)16-7-5-11-25(14-16)30(27,28)20-12-17(22)9-10-19(20)29-2/h3-4,6,8-10,12,16H,5,7,11,13-14H2,1-2H3. The van der Waals surface area contributed by atoms with E-state index < -0.39 is 27.6 Å². The third-order valence-corrected chi connectivity index (χ3v) is 7.10. The number of piperidine rings is 1. The number of benzene rings is 2. The zero-order valence-electron chi connectivity index (χ0n) is 16.8. The van der Waals surface area contributed by atoms with Gasteiger partial charge in [0, 0.05) is 32.2 Å². The van der Waals surface area contributed by atoms with Crippen molar-refractivity contribution in [3.05, 3.63) is 59.7 Å². The number of carbonyl (C=O) groups excluding carboxylic acids is 1. The number of nitrogens with zero attached hydrogens (tertiary/aromatic N) is 2. The molecule has 0 saturated carbocycles. The van der Waals surface area contributed by atoms with E-state index in [4.69, 9.17) is 4.74 Å². The van der Waals surface area contributed by atoms with Crippen LogP contribution in [0, 0.1) is 17.6 Å². The molecule has 1 aliphatic rings. The van der Waals surface area contributed by atoms with Gasteiger partial charge in [-0.05, 0) is 37.1 Å². The fraction of sp³-hybridized carbons (Fsp3) is 0.381. The molecule has 0 radical (unpaired) electrons. The molecular formula is C21H24F2N2O4S. The average Bonchev–Trinajstić information content (AvgIpc) is 2.74. The molecule has 162 valence electrons. The quantitative estimate of drug-likeness (QED) is 0.695. The number of hydrogen-bond acceptors (Lipinski definition) is 4. The molecule has 0 aliphatic carbocycles. The van der Waals surface area contributed by atoms with Crippen molar-refractivity contribution >= 4 is 15.9 Å². The Morgan fingerprint density at radius 1 is 1.23 bits per heavy atom. The summed E-state index contributed by atoms with van der Waals surface area (Å²) in [6.07, 6.45) is 1.01. The summed E-state index contributed by atoms with van der Waals surface area (Å²) in [7, 11) is -1.17. The van der Waals surface area contributed by atoms with E-state index in [-0.39, 0.29) is 36.2 Å². The van der Waals surface area contributed by atoms with Gasteiger partial charge in [-0.15, -0.1) is 0 Å². The van der Waals surface area contributed by atoms with E-state index in [1.807, 2.05) is 0 Å². The number of rotatable bonds is 6. The number of amides is 1. The van der Waals surface area contributed by atoms with Gasteiger partial charge in [-0.25, -0.2) is 17.2 Å². The minimum absolute atomic E-state index is 0.0254. The highest BCUT2D eigenvalue weighted by molar-refractivity contribution is 7.89. The van der Waals surface area contributed by atoms with Crippen LogP contribution in [0.3, 0.4) is 0 Å². The van der Waals surface area contributed by atoms with Gasteiger partial charge in [0.2, 0.25) is 15.9 Å². The smallest absolute Gasteiger partial charge is 0.246 e. The van der Waals surface area contributed by atoms with Crippen molar-refractivity contribution in [1.29, 1.82) is 0 Å². The first kappa shape index (κ1) is 22.2. The van der Waals surface area contributed by atoms with Gasteiger partial charge in [0.25, 0.3) is 0 Å². The molecular weight excluding hydrogens is 414 g/mol. The molecule has 1 aliphatic heterocycles. The van der Waals surface area contributed by atoms with Gasteiger partial charge in [0.1, 0.15) is 22.3 Å². The van der Waals surface area contributed by atoms with Gasteiger partial charge in [-0.1, -0.05) is 18.2 Å². The molecule has 30 heavy (non-hydrogen) atoms. The van der Waals surface area contributed by atoms with Crippen molar-refractivity contribution in [1.82, 2.24) is 9.21 Å². The summed E-state index contributed by atoms with van der Waals surface area (Å²) >= 11 is 0. The summed E-state index contributed by atoms with van der Waals surface area (Å²) in [5.74, 6) is -1.87. The average molecular weight is 438 g/mol. The van der Waals surface area contributed by atoms with Crippen LogP contribution in [0.5, 0.6) is 5.75 Å². The van der Waals surface area contributed by atoms with Crippen LogP contribution in [-0.4, -0.2) is 50.8 Å². The first-order valence-electron chi connectivity index (χ1n) is 9.56. The van der Waals surface area contributed by atoms with Gasteiger partial charge in [-0.2, -0.15) is 4.31 Å². The molecule has 0 bridgehead atoms. The molecule has 1 saturated heterocycles. The van der Waals surface area contributed by atoms with E-state index in [1.165, 1.54) is 28.4 Å². The molecule has 0 spiro atoms. The second-order valence-corrected chi connectivity index (χ2v) is 9.19. The highest BCUT2D eigenvalue weighted by Gasteiger charge is 2.36. The molecule has 2 aromatic rings. The second-order valence-electron chi connectivity index (χ2n) is 7.28. The molecule has 1 fully saturated rings. The summed E-state index contributed by atoms with van der Waals surface area (Å²) in [5, 5.41) is 0. The monoisotopic (exact) mass is 438 g/mol. The normalized spacial score (nSPS) is 17.5. The predicted octanol–water partition coefficient (Wildman–Crippen LogP) is 3.03. The number of sulfonamides is 1. The largest absolute Gasteiger partial charge is 0.495 e. The molecule has 6 nitrogen and oxygen atoms in total. The summed E-state index contributed by atoms with van der Waals surface area (Å²) < 4.78 is 60.1. The topological polar surface area (TPSA) is 66.9 Å². The van der Waals surface area contributed by atoms with Crippen LogP contribution in [0.2, 0.25) is 0 Å². The van der Waals surface area contributed by atoms with Crippen LogP contribution in [0.15, 0.2) is 47.4 Å². The fourth-order valence-corrected chi connectivity index (χ4v) is 5.32. The van der Waals surface area contributed by atoms with Crippen LogP contribution in [0.25, 0.3) is 0 Å². The molecule has 0 N–H and O–H groups in total. The third kappa shape index (κ3) is 4.62. The van der Waals surface area contributed by atoms with Gasteiger partial charge in [0.15, 0.2) is 0 Å². The zero-order valence-corrected chi connectivity index (χ0v) is 17.7. The van der Waals surface area contributed by atoms with Gasteiger partial charge >= 0.3 is 0 Å². The van der Waals surface area contributed by atoms with E-state index in [0.717, 1.165) is 12.1 Å². The fourth-order valence-electron chi connectivity index (χ4n) is 3.63. The van der Waals surface area contributed by atoms with Crippen LogP contribution < -0.4 is 4.74 Å². The number of halogens is 2. The Hall–Kier alpha value is -2.52. The third-order valence-electron chi connectivity index (χ3n) is 5.22. The highest BCUT2D eigenvalue weighted by atomic mass is 32.2. The number of methoxy groups -OCH3 is 1. The van der Waals surface area contributed by atoms with Gasteiger partial charge in [-0.3, -0.25) is 4.79 Å². The minimum atomic E-state index is -4.05. The maximum Gasteiger partial charge on any atom is 0.246 e. The maximum absolute atomic E-state index is 13.9. The maximum atomic E-state index is 13.9. The lowest BCUT2D eigenvalue weighted by molar-refractivity contribution is -0.135. The molecule has 2 aromatic carbocycles. The lowest BCUT2D eigenvalue weighted by Crippen LogP contribution is -2.45. The Labute approximate surface area is 175 Å². The molecule has 1 unspecified atom stereocenters. The van der Waals surface area contributed by atoms with E-state index in [2.05, 4.69) is 0 Å². The molecule has 1 atom stereocenters. The van der Waals surface area contributed by atoms with Crippen molar-refractivity contribution in [2.24, 2.45) is 5.92 Å². The Morgan fingerprint density at radius 3 is 2.67 bits per heavy atom. The first-order chi connectivity index (χ1) is 14.2. The van der Waals surface area contributed by atoms with E-state index >= 15 is 0 Å². The Morgan fingerprint density at radius 2 is 1.97 bits per heavy atom. The van der Waals surface area contributed by atoms with Crippen molar-refractivity contribution in [2.75, 3.05) is 27.2 Å². The summed E-state index contributed by atoms with van der Waals surface area (Å²) in [6, 6.07) is 9.50. The number of ether oxygens (including phenoxy) is 1. The van der Waals surface area contributed by atoms with Gasteiger partial charge < -0.3 is 9.64 Å². The summed E-state index contributed by atoms with van der Waals surface area (Å²) in [6.45, 7) is 0.289. The van der Waals surface area contributed by atoms with E-state index in [0.29, 0.717) is 18.4 Å². The Bertz CT molecular complexity index is 1030. The van der Waals surface area contributed by atoms with Crippen molar-refractivity contribution < 1.29 is 26.7 Å². The lowest BCUT2D eigenvalue weighted by atomic mass is 9.98. The predicted molar refractivity (Wildman–Crippen MR) is 107 cm³/mol. The lowest BCUT2D eigenvalue weighted by Gasteiger charge is -2.33. The van der Waals surface area contributed by atoms with Crippen LogP contribution in [0.1, 0.15) is 18.4 Å². The van der Waals surface area contributed by atoms with Crippen LogP contribution in [-0.2, 0) is 21.4 Å². The van der Waals surface area contributed by atoms with Crippen LogP contribution >= 0.6 is 0 Å². The molecule has 0 aromatic heterocycles. The number of hydrogen-bond donors (Lipinski definition) is 0. The van der Waals surface area contributed by atoms with Crippen molar-refractivity contribution in [3.63, 3.8) is 0 Å². The van der Waals surface area contributed by atoms with Gasteiger partial charge in [0.05, 0.1) is 13.0 Å². The molecule has 9 heteroatoms. The minimum Gasteiger partial charge on any atom is -0.495 e. The first-order valence-corrected chi connectivity index (χ1v) is 11.0. The summed E-state index contributed by atoms with van der Waals surface area (Å²) in [4.78, 5) is 14.0. The summed E-state index contributed by atoms with van der Waals surface area (Å²) in [5.41, 5.74) is 0.387. The Balaban J connectivity index is 1.77. The van der Waals surface area contributed by atoms with Crippen molar-refractivity contribution in [3.8, 4) is 5.75 Å². The molecule has 1 amide bonds. The van der Waals surface area contributed by atoms with Crippen molar-refractivity contribution in [2.45, 2.75) is 24.3 Å². The van der Waals surface area contributed by atoms with Crippen LogP contribution in [0.4, 0.5) is 8.78 Å². The highest BCUT2D eigenvalue weighted by Crippen LogP contribution is 2.31. The molecule has 3 rings (SSSR count). The van der Waals surface area contributed by atoms with E-state index in [1.54, 1.807) is 25.2 Å². The second kappa shape index (κ2) is 9.09. The van der Waals surface area contributed by atoms with E-state index in [9.17, 15) is 22.0 Å². The number of carbonyl (C=O) groups is 1. The zero-order chi connectivity index (χ0) is 21.9.